The average molecular weight is 428 g/mol. The van der Waals surface area contributed by atoms with E-state index in [2.05, 4.69) is 71.7 Å². The third-order valence-electron chi connectivity index (χ3n) is 7.17. The Morgan fingerprint density at radius 3 is 2.41 bits per heavy atom. The zero-order chi connectivity index (χ0) is 21.9. The van der Waals surface area contributed by atoms with Crippen LogP contribution in [-0.4, -0.2) is 42.0 Å². The van der Waals surface area contributed by atoms with E-state index >= 15 is 0 Å². The number of carbonyl (C=O) groups is 1. The first-order valence-electron chi connectivity index (χ1n) is 12.0. The molecule has 5 rings (SSSR count). The summed E-state index contributed by atoms with van der Waals surface area (Å²) in [5.41, 5.74) is 5.03. The van der Waals surface area contributed by atoms with Gasteiger partial charge in [-0.15, -0.1) is 0 Å². The summed E-state index contributed by atoms with van der Waals surface area (Å²) in [5.74, 6) is 0.552. The van der Waals surface area contributed by atoms with Crippen LogP contribution in [0.15, 0.2) is 60.7 Å². The standard InChI is InChI=1S/C28H33N3O/c1-21-6-2-3-7-27(21)23-12-16-31(17-13-23)28(32)29-26-11-10-24-18-22(8-9-25(24)19-26)20-30-14-4-5-15-30/h2-3,6-11,18-19,23H,4-5,12-17,20H2,1H3,(H,29,32). The Balaban J connectivity index is 1.19. The molecule has 0 saturated carbocycles. The number of rotatable bonds is 4. The number of amides is 2. The second-order valence-electron chi connectivity index (χ2n) is 9.43. The minimum Gasteiger partial charge on any atom is -0.324 e. The van der Waals surface area contributed by atoms with E-state index in [1.54, 1.807) is 0 Å². The molecule has 3 aromatic rings. The maximum atomic E-state index is 12.9. The lowest BCUT2D eigenvalue weighted by Crippen LogP contribution is -2.40. The Hall–Kier alpha value is -2.85. The van der Waals surface area contributed by atoms with Gasteiger partial charge in [0.05, 0.1) is 0 Å². The molecule has 0 radical (unpaired) electrons. The fourth-order valence-corrected chi connectivity index (χ4v) is 5.31. The molecule has 0 atom stereocenters. The van der Waals surface area contributed by atoms with Crippen LogP contribution in [0.5, 0.6) is 0 Å². The summed E-state index contributed by atoms with van der Waals surface area (Å²) in [4.78, 5) is 17.4. The lowest BCUT2D eigenvalue weighted by atomic mass is 9.87. The zero-order valence-corrected chi connectivity index (χ0v) is 19.0. The van der Waals surface area contributed by atoms with Gasteiger partial charge < -0.3 is 10.2 Å². The highest BCUT2D eigenvalue weighted by atomic mass is 16.2. The summed E-state index contributed by atoms with van der Waals surface area (Å²) in [6.45, 7) is 7.25. The molecule has 0 bridgehead atoms. The van der Waals surface area contributed by atoms with Crippen LogP contribution in [-0.2, 0) is 6.54 Å². The Labute approximate surface area is 191 Å². The van der Waals surface area contributed by atoms with Crippen molar-refractivity contribution in [1.29, 1.82) is 0 Å². The van der Waals surface area contributed by atoms with Crippen LogP contribution in [0.3, 0.4) is 0 Å². The summed E-state index contributed by atoms with van der Waals surface area (Å²) in [6.07, 6.45) is 4.69. The molecule has 2 aliphatic rings. The third kappa shape index (κ3) is 4.66. The SMILES string of the molecule is Cc1ccccc1C1CCN(C(=O)Nc2ccc3cc(CN4CCCC4)ccc3c2)CC1. The van der Waals surface area contributed by atoms with Crippen molar-refractivity contribution in [3.63, 3.8) is 0 Å². The maximum absolute atomic E-state index is 12.9. The van der Waals surface area contributed by atoms with E-state index in [1.807, 2.05) is 11.0 Å². The van der Waals surface area contributed by atoms with Gasteiger partial charge in [0.1, 0.15) is 0 Å². The zero-order valence-electron chi connectivity index (χ0n) is 19.0. The Morgan fingerprint density at radius 1 is 0.906 bits per heavy atom. The largest absolute Gasteiger partial charge is 0.324 e. The molecule has 4 heteroatoms. The number of likely N-dealkylation sites (tertiary alicyclic amines) is 2. The van der Waals surface area contributed by atoms with Crippen molar-refractivity contribution >= 4 is 22.5 Å². The van der Waals surface area contributed by atoms with E-state index in [0.29, 0.717) is 5.92 Å². The van der Waals surface area contributed by atoms with Crippen molar-refractivity contribution in [2.75, 3.05) is 31.5 Å². The second kappa shape index (κ2) is 9.33. The molecule has 32 heavy (non-hydrogen) atoms. The predicted molar refractivity (Wildman–Crippen MR) is 132 cm³/mol. The number of nitrogens with one attached hydrogen (secondary N) is 1. The first-order chi connectivity index (χ1) is 15.7. The van der Waals surface area contributed by atoms with Gasteiger partial charge in [-0.05, 0) is 97.3 Å². The quantitative estimate of drug-likeness (QED) is 0.542. The smallest absolute Gasteiger partial charge is 0.321 e. The van der Waals surface area contributed by atoms with Crippen molar-refractivity contribution < 1.29 is 4.79 Å². The van der Waals surface area contributed by atoms with E-state index in [9.17, 15) is 4.79 Å². The van der Waals surface area contributed by atoms with Crippen LogP contribution in [0, 0.1) is 6.92 Å². The number of nitrogens with zero attached hydrogens (tertiary/aromatic N) is 2. The Morgan fingerprint density at radius 2 is 1.62 bits per heavy atom. The number of anilines is 1. The highest BCUT2D eigenvalue weighted by Crippen LogP contribution is 2.30. The van der Waals surface area contributed by atoms with Gasteiger partial charge in [-0.3, -0.25) is 4.90 Å². The number of fused-ring (bicyclic) bond motifs is 1. The van der Waals surface area contributed by atoms with Crippen LogP contribution < -0.4 is 5.32 Å². The molecule has 2 amide bonds. The molecule has 2 fully saturated rings. The van der Waals surface area contributed by atoms with Crippen molar-refractivity contribution in [2.24, 2.45) is 0 Å². The van der Waals surface area contributed by atoms with Crippen molar-refractivity contribution in [3.05, 3.63) is 77.4 Å². The monoisotopic (exact) mass is 427 g/mol. The Kier molecular flexibility index (Phi) is 6.13. The number of urea groups is 1. The minimum absolute atomic E-state index is 0.0123. The second-order valence-corrected chi connectivity index (χ2v) is 9.43. The summed E-state index contributed by atoms with van der Waals surface area (Å²) < 4.78 is 0. The topological polar surface area (TPSA) is 35.6 Å². The number of piperidine rings is 1. The highest BCUT2D eigenvalue weighted by Gasteiger charge is 2.24. The van der Waals surface area contributed by atoms with Gasteiger partial charge in [-0.1, -0.05) is 42.5 Å². The van der Waals surface area contributed by atoms with Gasteiger partial charge in [0, 0.05) is 25.3 Å². The van der Waals surface area contributed by atoms with Crippen molar-refractivity contribution in [1.82, 2.24) is 9.80 Å². The summed E-state index contributed by atoms with van der Waals surface area (Å²) in [6, 6.07) is 21.6. The molecular weight excluding hydrogens is 394 g/mol. The molecule has 3 aromatic carbocycles. The van der Waals surface area contributed by atoms with Crippen molar-refractivity contribution in [2.45, 2.75) is 45.1 Å². The van der Waals surface area contributed by atoms with Gasteiger partial charge in [0.25, 0.3) is 0 Å². The predicted octanol–water partition coefficient (Wildman–Crippen LogP) is 6.16. The number of carbonyl (C=O) groups excluding carboxylic acids is 1. The third-order valence-corrected chi connectivity index (χ3v) is 7.17. The summed E-state index contributed by atoms with van der Waals surface area (Å²) >= 11 is 0. The van der Waals surface area contributed by atoms with Gasteiger partial charge in [-0.2, -0.15) is 0 Å². The molecule has 0 aliphatic carbocycles. The van der Waals surface area contributed by atoms with Crippen LogP contribution in [0.2, 0.25) is 0 Å². The van der Waals surface area contributed by atoms with Crippen LogP contribution in [0.1, 0.15) is 48.3 Å². The molecule has 4 nitrogen and oxygen atoms in total. The Bertz CT molecular complexity index is 1090. The van der Waals surface area contributed by atoms with E-state index in [1.165, 1.54) is 53.4 Å². The molecular formula is C28H33N3O. The summed E-state index contributed by atoms with van der Waals surface area (Å²) in [7, 11) is 0. The van der Waals surface area contributed by atoms with E-state index < -0.39 is 0 Å². The normalized spacial score (nSPS) is 17.7. The van der Waals surface area contributed by atoms with Gasteiger partial charge >= 0.3 is 6.03 Å². The number of hydrogen-bond donors (Lipinski definition) is 1. The molecule has 2 saturated heterocycles. The number of hydrogen-bond acceptors (Lipinski definition) is 2. The van der Waals surface area contributed by atoms with E-state index in [0.717, 1.165) is 38.2 Å². The fourth-order valence-electron chi connectivity index (χ4n) is 5.31. The summed E-state index contributed by atoms with van der Waals surface area (Å²) in [5, 5.41) is 5.53. The molecule has 1 N–H and O–H groups in total. The fraction of sp³-hybridized carbons (Fsp3) is 0.393. The van der Waals surface area contributed by atoms with Gasteiger partial charge in [0.2, 0.25) is 0 Å². The maximum Gasteiger partial charge on any atom is 0.321 e. The van der Waals surface area contributed by atoms with Gasteiger partial charge in [-0.25, -0.2) is 4.79 Å². The van der Waals surface area contributed by atoms with Crippen LogP contribution in [0.25, 0.3) is 10.8 Å². The molecule has 2 heterocycles. The molecule has 2 aliphatic heterocycles. The molecule has 0 unspecified atom stereocenters. The number of benzene rings is 3. The van der Waals surface area contributed by atoms with Gasteiger partial charge in [0.15, 0.2) is 0 Å². The average Bonchev–Trinajstić information content (AvgIpc) is 3.33. The molecule has 166 valence electrons. The van der Waals surface area contributed by atoms with Crippen molar-refractivity contribution in [3.8, 4) is 0 Å². The lowest BCUT2D eigenvalue weighted by Gasteiger charge is -2.32. The van der Waals surface area contributed by atoms with E-state index in [-0.39, 0.29) is 6.03 Å². The minimum atomic E-state index is 0.0123. The lowest BCUT2D eigenvalue weighted by molar-refractivity contribution is 0.194. The molecule has 0 spiro atoms. The first-order valence-corrected chi connectivity index (χ1v) is 12.0. The number of aryl methyl sites for hydroxylation is 1. The highest BCUT2D eigenvalue weighted by molar-refractivity contribution is 5.93. The first kappa shape index (κ1) is 21.0. The van der Waals surface area contributed by atoms with E-state index in [4.69, 9.17) is 0 Å². The van der Waals surface area contributed by atoms with Crippen LogP contribution in [0.4, 0.5) is 10.5 Å². The van der Waals surface area contributed by atoms with Crippen LogP contribution >= 0.6 is 0 Å². The molecule has 0 aromatic heterocycles.